The predicted octanol–water partition coefficient (Wildman–Crippen LogP) is 3.13. The van der Waals surface area contributed by atoms with Gasteiger partial charge in [0.25, 0.3) is 0 Å². The summed E-state index contributed by atoms with van der Waals surface area (Å²) in [6, 6.07) is 3.75. The summed E-state index contributed by atoms with van der Waals surface area (Å²) in [6.07, 6.45) is 5.83. The molecule has 82 valence electrons. The Morgan fingerprint density at radius 1 is 1.33 bits per heavy atom. The molecule has 15 heavy (non-hydrogen) atoms. The van der Waals surface area contributed by atoms with Gasteiger partial charge in [-0.15, -0.1) is 11.8 Å². The van der Waals surface area contributed by atoms with Crippen LogP contribution in [0.3, 0.4) is 0 Å². The van der Waals surface area contributed by atoms with Crippen LogP contribution in [0.4, 0.5) is 0 Å². The molecule has 1 aromatic rings. The molecule has 2 rings (SSSR count). The number of rotatable bonds is 2. The number of thioether (sulfide) groups is 1. The minimum atomic E-state index is -0.179. The molecule has 4 heteroatoms. The molecule has 1 saturated carbocycles. The van der Waals surface area contributed by atoms with E-state index in [4.69, 9.17) is 11.6 Å². The van der Waals surface area contributed by atoms with E-state index in [9.17, 15) is 5.11 Å². The number of aliphatic hydroxyl groups is 1. The lowest BCUT2D eigenvalue weighted by Crippen LogP contribution is -2.26. The van der Waals surface area contributed by atoms with Gasteiger partial charge in [0.2, 0.25) is 0 Å². The summed E-state index contributed by atoms with van der Waals surface area (Å²) in [4.78, 5) is 4.23. The molecule has 0 spiro atoms. The minimum Gasteiger partial charge on any atom is -0.392 e. The molecule has 0 unspecified atom stereocenters. The van der Waals surface area contributed by atoms with Crippen molar-refractivity contribution in [2.45, 2.75) is 42.1 Å². The van der Waals surface area contributed by atoms with Crippen molar-refractivity contribution in [3.8, 4) is 0 Å². The van der Waals surface area contributed by atoms with E-state index in [2.05, 4.69) is 4.98 Å². The number of nitrogens with zero attached hydrogens (tertiary/aromatic N) is 1. The van der Waals surface area contributed by atoms with E-state index < -0.39 is 0 Å². The van der Waals surface area contributed by atoms with Crippen molar-refractivity contribution in [2.75, 3.05) is 0 Å². The first-order valence-corrected chi connectivity index (χ1v) is 6.48. The van der Waals surface area contributed by atoms with Crippen molar-refractivity contribution in [1.82, 2.24) is 4.98 Å². The summed E-state index contributed by atoms with van der Waals surface area (Å²) in [6.45, 7) is 0. The normalized spacial score (nSPS) is 26.5. The highest BCUT2D eigenvalue weighted by Gasteiger charge is 2.24. The molecule has 0 amide bonds. The Labute approximate surface area is 99.1 Å². The molecule has 0 aliphatic heterocycles. The van der Waals surface area contributed by atoms with Crippen LogP contribution < -0.4 is 0 Å². The first kappa shape index (κ1) is 11.2. The second kappa shape index (κ2) is 5.19. The molecule has 1 heterocycles. The van der Waals surface area contributed by atoms with Gasteiger partial charge in [-0.25, -0.2) is 4.98 Å². The Balaban J connectivity index is 1.98. The van der Waals surface area contributed by atoms with Crippen LogP contribution in [0.25, 0.3) is 0 Å². The second-order valence-electron chi connectivity index (χ2n) is 3.82. The fourth-order valence-electron chi connectivity index (χ4n) is 1.80. The number of halogens is 1. The highest BCUT2D eigenvalue weighted by atomic mass is 35.5. The zero-order chi connectivity index (χ0) is 10.7. The van der Waals surface area contributed by atoms with Crippen molar-refractivity contribution in [1.29, 1.82) is 0 Å². The maximum atomic E-state index is 9.81. The smallest absolute Gasteiger partial charge is 0.0964 e. The predicted molar refractivity (Wildman–Crippen MR) is 63.4 cm³/mol. The topological polar surface area (TPSA) is 33.1 Å². The average molecular weight is 244 g/mol. The molecule has 2 atom stereocenters. The highest BCUT2D eigenvalue weighted by molar-refractivity contribution is 7.99. The summed E-state index contributed by atoms with van der Waals surface area (Å²) in [5, 5.41) is 11.7. The Morgan fingerprint density at radius 2 is 2.13 bits per heavy atom. The van der Waals surface area contributed by atoms with Gasteiger partial charge in [-0.1, -0.05) is 24.4 Å². The molecular formula is C11H14ClNOS. The average Bonchev–Trinajstić information content (AvgIpc) is 2.25. The Hall–Kier alpha value is -0.250. The summed E-state index contributed by atoms with van der Waals surface area (Å²) in [7, 11) is 0. The molecule has 0 bridgehead atoms. The van der Waals surface area contributed by atoms with Gasteiger partial charge in [0.15, 0.2) is 0 Å². The van der Waals surface area contributed by atoms with Gasteiger partial charge in [0.1, 0.15) is 0 Å². The van der Waals surface area contributed by atoms with Gasteiger partial charge in [0, 0.05) is 11.4 Å². The van der Waals surface area contributed by atoms with Crippen molar-refractivity contribution in [3.63, 3.8) is 0 Å². The molecule has 0 aromatic carbocycles. The summed E-state index contributed by atoms with van der Waals surface area (Å²) >= 11 is 7.42. The Bertz CT molecular complexity index is 317. The third-order valence-corrected chi connectivity index (χ3v) is 4.20. The highest BCUT2D eigenvalue weighted by Crippen LogP contribution is 2.33. The fraction of sp³-hybridized carbons (Fsp3) is 0.545. The lowest BCUT2D eigenvalue weighted by molar-refractivity contribution is 0.137. The van der Waals surface area contributed by atoms with Crippen molar-refractivity contribution < 1.29 is 5.11 Å². The van der Waals surface area contributed by atoms with Gasteiger partial charge in [-0.2, -0.15) is 0 Å². The van der Waals surface area contributed by atoms with Gasteiger partial charge >= 0.3 is 0 Å². The van der Waals surface area contributed by atoms with Crippen molar-refractivity contribution in [3.05, 3.63) is 23.4 Å². The van der Waals surface area contributed by atoms with Crippen LogP contribution in [0.15, 0.2) is 23.4 Å². The van der Waals surface area contributed by atoms with Crippen LogP contribution in [-0.4, -0.2) is 21.4 Å². The molecule has 2 nitrogen and oxygen atoms in total. The van der Waals surface area contributed by atoms with E-state index in [1.165, 1.54) is 6.42 Å². The quantitative estimate of drug-likeness (QED) is 0.867. The minimum absolute atomic E-state index is 0.179. The van der Waals surface area contributed by atoms with E-state index in [0.717, 1.165) is 24.3 Å². The van der Waals surface area contributed by atoms with E-state index in [-0.39, 0.29) is 6.10 Å². The van der Waals surface area contributed by atoms with E-state index in [1.807, 2.05) is 12.1 Å². The summed E-state index contributed by atoms with van der Waals surface area (Å²) < 4.78 is 0. The van der Waals surface area contributed by atoms with E-state index in [0.29, 0.717) is 10.3 Å². The molecular weight excluding hydrogens is 230 g/mol. The van der Waals surface area contributed by atoms with Crippen LogP contribution >= 0.6 is 23.4 Å². The van der Waals surface area contributed by atoms with Gasteiger partial charge < -0.3 is 5.11 Å². The van der Waals surface area contributed by atoms with Crippen LogP contribution in [0.2, 0.25) is 5.02 Å². The third kappa shape index (κ3) is 3.10. The summed E-state index contributed by atoms with van der Waals surface area (Å²) in [5.41, 5.74) is 0. The molecule has 0 saturated heterocycles. The van der Waals surface area contributed by atoms with Crippen LogP contribution in [-0.2, 0) is 0 Å². The van der Waals surface area contributed by atoms with Crippen molar-refractivity contribution >= 4 is 23.4 Å². The molecule has 1 aromatic heterocycles. The van der Waals surface area contributed by atoms with Gasteiger partial charge in [0.05, 0.1) is 16.2 Å². The number of aliphatic hydroxyl groups excluding tert-OH is 1. The first-order chi connectivity index (χ1) is 7.25. The lowest BCUT2D eigenvalue weighted by atomic mass is 9.97. The molecule has 1 aliphatic rings. The Kier molecular flexibility index (Phi) is 3.89. The largest absolute Gasteiger partial charge is 0.392 e. The summed E-state index contributed by atoms with van der Waals surface area (Å²) in [5.74, 6) is 0. The van der Waals surface area contributed by atoms with Crippen LogP contribution in [0, 0.1) is 0 Å². The third-order valence-electron chi connectivity index (χ3n) is 2.64. The zero-order valence-corrected chi connectivity index (χ0v) is 9.97. The number of hydrogen-bond donors (Lipinski definition) is 1. The first-order valence-electron chi connectivity index (χ1n) is 5.22. The van der Waals surface area contributed by atoms with Crippen LogP contribution in [0.5, 0.6) is 0 Å². The fourth-order valence-corrected chi connectivity index (χ4v) is 3.06. The lowest BCUT2D eigenvalue weighted by Gasteiger charge is -2.26. The monoisotopic (exact) mass is 243 g/mol. The maximum absolute atomic E-state index is 9.81. The molecule has 1 aliphatic carbocycles. The Morgan fingerprint density at radius 3 is 2.80 bits per heavy atom. The zero-order valence-electron chi connectivity index (χ0n) is 8.40. The van der Waals surface area contributed by atoms with Crippen molar-refractivity contribution in [2.24, 2.45) is 0 Å². The standard InChI is InChI=1S/C11H14ClNOS/c12-8-5-6-11(13-7-8)15-10-4-2-1-3-9(10)14/h5-7,9-10,14H,1-4H2/t9-,10-/m0/s1. The van der Waals surface area contributed by atoms with E-state index in [1.54, 1.807) is 18.0 Å². The van der Waals surface area contributed by atoms with Crippen LogP contribution in [0.1, 0.15) is 25.7 Å². The van der Waals surface area contributed by atoms with Gasteiger partial charge in [-0.3, -0.25) is 0 Å². The number of aromatic nitrogens is 1. The second-order valence-corrected chi connectivity index (χ2v) is 5.52. The molecule has 1 N–H and O–H groups in total. The number of pyridine rings is 1. The molecule has 1 fully saturated rings. The SMILES string of the molecule is O[C@H]1CCCC[C@@H]1Sc1ccc(Cl)cn1. The molecule has 0 radical (unpaired) electrons. The maximum Gasteiger partial charge on any atom is 0.0964 e. The van der Waals surface area contributed by atoms with Gasteiger partial charge in [-0.05, 0) is 25.0 Å². The number of hydrogen-bond acceptors (Lipinski definition) is 3. The van der Waals surface area contributed by atoms with E-state index >= 15 is 0 Å².